The van der Waals surface area contributed by atoms with Gasteiger partial charge in [0.1, 0.15) is 0 Å². The number of nitrogens with two attached hydrogens (primary N) is 1. The molecule has 9 heteroatoms. The van der Waals surface area contributed by atoms with Gasteiger partial charge in [0, 0.05) is 88.1 Å². The molecule has 3 saturated heterocycles. The van der Waals surface area contributed by atoms with Crippen molar-refractivity contribution in [3.8, 4) is 0 Å². The molecule has 5 rings (SSSR count). The van der Waals surface area contributed by atoms with Gasteiger partial charge < -0.3 is 25.4 Å². The van der Waals surface area contributed by atoms with Crippen LogP contribution in [0.2, 0.25) is 0 Å². The summed E-state index contributed by atoms with van der Waals surface area (Å²) in [4.78, 5) is 25.2. The summed E-state index contributed by atoms with van der Waals surface area (Å²) < 4.78 is 11.7. The van der Waals surface area contributed by atoms with E-state index in [1.165, 1.54) is 11.1 Å². The van der Waals surface area contributed by atoms with E-state index in [-0.39, 0.29) is 24.0 Å². The van der Waals surface area contributed by atoms with Gasteiger partial charge in [0.15, 0.2) is 0 Å². The van der Waals surface area contributed by atoms with Gasteiger partial charge in [-0.05, 0) is 37.3 Å². The van der Waals surface area contributed by atoms with E-state index >= 15 is 0 Å². The fourth-order valence-electron chi connectivity index (χ4n) is 6.51. The molecule has 0 spiro atoms. The van der Waals surface area contributed by atoms with Crippen LogP contribution in [0.25, 0.3) is 10.9 Å². The Labute approximate surface area is 233 Å². The molecule has 0 radical (unpaired) electrons. The summed E-state index contributed by atoms with van der Waals surface area (Å²) in [6.45, 7) is 12.4. The van der Waals surface area contributed by atoms with Gasteiger partial charge in [0.2, 0.25) is 5.91 Å². The minimum absolute atomic E-state index is 0.0252. The van der Waals surface area contributed by atoms with Crippen molar-refractivity contribution in [3.05, 3.63) is 36.5 Å². The SMILES string of the molecule is CC(CC1CC(C(=O)NCCN2CCOCC2)CCN1c1ccnc2ccccc12)C1CN(CCN)CCO1. The standard InChI is InChI=1S/C30H46N6O3/c1-23(29-22-35(12-8-31)16-19-39-29)20-25-21-24(30(37)33-10-13-34-14-17-38-18-15-34)7-11-36(25)28-6-9-32-27-5-3-2-4-26(27)28/h2-6,9,23-25,29H,7-8,10-22,31H2,1H3,(H,33,37). The minimum Gasteiger partial charge on any atom is -0.379 e. The van der Waals surface area contributed by atoms with E-state index in [9.17, 15) is 4.79 Å². The van der Waals surface area contributed by atoms with Crippen LogP contribution in [-0.4, -0.2) is 112 Å². The molecule has 3 N–H and O–H groups in total. The lowest BCUT2D eigenvalue weighted by atomic mass is 9.83. The number of nitrogens with one attached hydrogen (secondary N) is 1. The highest BCUT2D eigenvalue weighted by Crippen LogP contribution is 2.36. The molecule has 3 aliphatic rings. The van der Waals surface area contributed by atoms with Crippen LogP contribution in [0.5, 0.6) is 0 Å². The topological polar surface area (TPSA) is 96.2 Å². The summed E-state index contributed by atoms with van der Waals surface area (Å²) in [5.41, 5.74) is 8.07. The molecule has 1 aromatic heterocycles. The predicted octanol–water partition coefficient (Wildman–Crippen LogP) is 1.95. The third kappa shape index (κ3) is 7.27. The first-order valence-electron chi connectivity index (χ1n) is 14.8. The smallest absolute Gasteiger partial charge is 0.223 e. The number of fused-ring (bicyclic) bond motifs is 1. The summed E-state index contributed by atoms with van der Waals surface area (Å²) in [6, 6.07) is 10.8. The van der Waals surface area contributed by atoms with Gasteiger partial charge in [-0.25, -0.2) is 0 Å². The third-order valence-corrected chi connectivity index (χ3v) is 8.75. The van der Waals surface area contributed by atoms with E-state index in [0.717, 1.165) is 90.4 Å². The third-order valence-electron chi connectivity index (χ3n) is 8.75. The number of carbonyl (C=O) groups excluding carboxylic acids is 1. The largest absolute Gasteiger partial charge is 0.379 e. The lowest BCUT2D eigenvalue weighted by Crippen LogP contribution is -2.51. The first-order chi connectivity index (χ1) is 19.1. The second kappa shape index (κ2) is 13.9. The highest BCUT2D eigenvalue weighted by atomic mass is 16.5. The van der Waals surface area contributed by atoms with Crippen molar-refractivity contribution in [2.45, 2.75) is 38.3 Å². The van der Waals surface area contributed by atoms with Crippen LogP contribution >= 0.6 is 0 Å². The molecule has 3 fully saturated rings. The molecule has 0 aliphatic carbocycles. The molecule has 1 aromatic carbocycles. The van der Waals surface area contributed by atoms with Crippen molar-refractivity contribution in [1.82, 2.24) is 20.1 Å². The molecule has 2 aromatic rings. The lowest BCUT2D eigenvalue weighted by molar-refractivity contribution is -0.126. The molecule has 3 aliphatic heterocycles. The summed E-state index contributed by atoms with van der Waals surface area (Å²) in [5, 5.41) is 4.42. The van der Waals surface area contributed by atoms with Crippen LogP contribution in [0.3, 0.4) is 0 Å². The Balaban J connectivity index is 1.28. The number of morpholine rings is 2. The molecular formula is C30H46N6O3. The number of hydrogen-bond donors (Lipinski definition) is 2. The van der Waals surface area contributed by atoms with Crippen LogP contribution in [0.15, 0.2) is 36.5 Å². The first-order valence-corrected chi connectivity index (χ1v) is 14.8. The fourth-order valence-corrected chi connectivity index (χ4v) is 6.51. The predicted molar refractivity (Wildman–Crippen MR) is 155 cm³/mol. The van der Waals surface area contributed by atoms with Gasteiger partial charge in [-0.1, -0.05) is 25.1 Å². The van der Waals surface area contributed by atoms with Gasteiger partial charge in [-0.3, -0.25) is 19.6 Å². The van der Waals surface area contributed by atoms with Gasteiger partial charge in [-0.15, -0.1) is 0 Å². The Morgan fingerprint density at radius 1 is 1.10 bits per heavy atom. The number of nitrogens with zero attached hydrogens (tertiary/aromatic N) is 4. The Hall–Kier alpha value is -2.30. The van der Waals surface area contributed by atoms with Crippen LogP contribution in [0, 0.1) is 11.8 Å². The van der Waals surface area contributed by atoms with Crippen molar-refractivity contribution < 1.29 is 14.3 Å². The number of anilines is 1. The number of carbonyl (C=O) groups is 1. The zero-order chi connectivity index (χ0) is 27.0. The number of amides is 1. The normalized spacial score (nSPS) is 26.0. The van der Waals surface area contributed by atoms with Crippen LogP contribution in [0.1, 0.15) is 26.2 Å². The van der Waals surface area contributed by atoms with Crippen molar-refractivity contribution in [2.24, 2.45) is 17.6 Å². The molecule has 39 heavy (non-hydrogen) atoms. The number of ether oxygens (including phenoxy) is 2. The quantitative estimate of drug-likeness (QED) is 0.474. The molecule has 4 unspecified atom stereocenters. The number of pyridine rings is 1. The average molecular weight is 539 g/mol. The van der Waals surface area contributed by atoms with Crippen molar-refractivity contribution in [1.29, 1.82) is 0 Å². The highest BCUT2D eigenvalue weighted by molar-refractivity contribution is 5.91. The van der Waals surface area contributed by atoms with Crippen molar-refractivity contribution in [3.63, 3.8) is 0 Å². The van der Waals surface area contributed by atoms with Crippen LogP contribution < -0.4 is 16.0 Å². The van der Waals surface area contributed by atoms with Gasteiger partial charge in [0.25, 0.3) is 0 Å². The van der Waals surface area contributed by atoms with Gasteiger partial charge >= 0.3 is 0 Å². The van der Waals surface area contributed by atoms with Crippen LogP contribution in [0.4, 0.5) is 5.69 Å². The Morgan fingerprint density at radius 3 is 2.77 bits per heavy atom. The van der Waals surface area contributed by atoms with E-state index in [0.29, 0.717) is 19.0 Å². The summed E-state index contributed by atoms with van der Waals surface area (Å²) >= 11 is 0. The maximum atomic E-state index is 13.3. The monoisotopic (exact) mass is 538 g/mol. The van der Waals surface area contributed by atoms with E-state index in [1.807, 2.05) is 12.3 Å². The van der Waals surface area contributed by atoms with E-state index in [1.54, 1.807) is 0 Å². The molecular weight excluding hydrogens is 492 g/mol. The molecule has 214 valence electrons. The molecule has 4 atom stereocenters. The number of benzene rings is 1. The van der Waals surface area contributed by atoms with E-state index in [4.69, 9.17) is 15.2 Å². The van der Waals surface area contributed by atoms with Crippen molar-refractivity contribution in [2.75, 3.05) is 83.6 Å². The Kier molecular flexibility index (Phi) is 10.0. The Morgan fingerprint density at radius 2 is 1.92 bits per heavy atom. The van der Waals surface area contributed by atoms with Crippen LogP contribution in [-0.2, 0) is 14.3 Å². The first kappa shape index (κ1) is 28.2. The maximum absolute atomic E-state index is 13.3. The number of piperidine rings is 1. The second-order valence-corrected chi connectivity index (χ2v) is 11.4. The molecule has 4 heterocycles. The average Bonchev–Trinajstić information content (AvgIpc) is 2.98. The molecule has 0 saturated carbocycles. The zero-order valence-corrected chi connectivity index (χ0v) is 23.5. The van der Waals surface area contributed by atoms with Gasteiger partial charge in [0.05, 0.1) is 31.4 Å². The molecule has 0 bridgehead atoms. The number of hydrogen-bond acceptors (Lipinski definition) is 8. The second-order valence-electron chi connectivity index (χ2n) is 11.4. The fraction of sp³-hybridized carbons (Fsp3) is 0.667. The summed E-state index contributed by atoms with van der Waals surface area (Å²) in [5.74, 6) is 0.592. The molecule has 1 amide bonds. The number of para-hydroxylation sites is 1. The number of aromatic nitrogens is 1. The number of rotatable bonds is 10. The lowest BCUT2D eigenvalue weighted by Gasteiger charge is -2.44. The van der Waals surface area contributed by atoms with Gasteiger partial charge in [-0.2, -0.15) is 0 Å². The molecule has 9 nitrogen and oxygen atoms in total. The zero-order valence-electron chi connectivity index (χ0n) is 23.5. The maximum Gasteiger partial charge on any atom is 0.223 e. The Bertz CT molecular complexity index is 1060. The highest BCUT2D eigenvalue weighted by Gasteiger charge is 2.36. The van der Waals surface area contributed by atoms with Crippen molar-refractivity contribution >= 4 is 22.5 Å². The summed E-state index contributed by atoms with van der Waals surface area (Å²) in [7, 11) is 0. The van der Waals surface area contributed by atoms with E-state index in [2.05, 4.69) is 56.2 Å². The minimum atomic E-state index is 0.0252. The summed E-state index contributed by atoms with van der Waals surface area (Å²) in [6.07, 6.45) is 4.79. The van der Waals surface area contributed by atoms with E-state index < -0.39 is 0 Å².